The number of rotatable bonds is 6. The Kier molecular flexibility index (Phi) is 5.25. The SMILES string of the molecule is O=c1c(-c2ccccc2)c[n+](CCC=NOC2CCCO2)c2ccccn12. The van der Waals surface area contributed by atoms with Gasteiger partial charge in [-0.2, -0.15) is 4.40 Å². The number of fused-ring (bicyclic) bond motifs is 1. The van der Waals surface area contributed by atoms with E-state index in [-0.39, 0.29) is 11.8 Å². The number of ether oxygens (including phenoxy) is 1. The fourth-order valence-corrected chi connectivity index (χ4v) is 3.23. The van der Waals surface area contributed by atoms with Crippen LogP contribution in [0.15, 0.2) is 70.9 Å². The van der Waals surface area contributed by atoms with Gasteiger partial charge in [0.1, 0.15) is 11.8 Å². The Morgan fingerprint density at radius 1 is 1.22 bits per heavy atom. The summed E-state index contributed by atoms with van der Waals surface area (Å²) in [4.78, 5) is 18.2. The predicted molar refractivity (Wildman–Crippen MR) is 102 cm³/mol. The number of hydrogen-bond acceptors (Lipinski definition) is 4. The number of benzene rings is 1. The van der Waals surface area contributed by atoms with Crippen molar-refractivity contribution in [1.29, 1.82) is 0 Å². The molecule has 27 heavy (non-hydrogen) atoms. The van der Waals surface area contributed by atoms with E-state index < -0.39 is 0 Å². The normalized spacial score (nSPS) is 17.0. The molecular weight excluding hydrogens is 342 g/mol. The van der Waals surface area contributed by atoms with Crippen LogP contribution in [0, 0.1) is 0 Å². The highest BCUT2D eigenvalue weighted by Crippen LogP contribution is 2.14. The number of aromatic nitrogens is 2. The molecule has 3 aromatic rings. The molecule has 0 amide bonds. The first kappa shape index (κ1) is 17.4. The molecular formula is C21H22N3O3+. The third kappa shape index (κ3) is 3.90. The lowest BCUT2D eigenvalue weighted by molar-refractivity contribution is -0.672. The number of oxime groups is 1. The van der Waals surface area contributed by atoms with Gasteiger partial charge in [-0.1, -0.05) is 41.6 Å². The third-order valence-electron chi connectivity index (χ3n) is 4.59. The van der Waals surface area contributed by atoms with Crippen LogP contribution in [0.2, 0.25) is 0 Å². The third-order valence-corrected chi connectivity index (χ3v) is 4.59. The molecule has 6 nitrogen and oxygen atoms in total. The summed E-state index contributed by atoms with van der Waals surface area (Å²) in [6.07, 6.45) is 7.85. The molecule has 1 aromatic carbocycles. The zero-order chi connectivity index (χ0) is 18.5. The average molecular weight is 364 g/mol. The van der Waals surface area contributed by atoms with Gasteiger partial charge in [-0.3, -0.25) is 0 Å². The number of pyridine rings is 1. The molecule has 138 valence electrons. The van der Waals surface area contributed by atoms with Gasteiger partial charge in [-0.25, -0.2) is 9.36 Å². The number of hydrogen-bond donors (Lipinski definition) is 0. The van der Waals surface area contributed by atoms with Crippen molar-refractivity contribution in [2.24, 2.45) is 5.16 Å². The minimum atomic E-state index is -0.213. The highest BCUT2D eigenvalue weighted by Gasteiger charge is 2.17. The highest BCUT2D eigenvalue weighted by molar-refractivity contribution is 5.61. The fraction of sp³-hybridized carbons (Fsp3) is 0.286. The van der Waals surface area contributed by atoms with Gasteiger partial charge < -0.3 is 9.57 Å². The number of nitrogens with zero attached hydrogens (tertiary/aromatic N) is 3. The summed E-state index contributed by atoms with van der Waals surface area (Å²) in [7, 11) is 0. The summed E-state index contributed by atoms with van der Waals surface area (Å²) < 4.78 is 9.13. The van der Waals surface area contributed by atoms with Gasteiger partial charge >= 0.3 is 5.56 Å². The van der Waals surface area contributed by atoms with Crippen molar-refractivity contribution in [2.75, 3.05) is 6.61 Å². The Balaban J connectivity index is 1.58. The monoisotopic (exact) mass is 364 g/mol. The second-order valence-electron chi connectivity index (χ2n) is 6.46. The van der Waals surface area contributed by atoms with Crippen LogP contribution in [-0.2, 0) is 16.1 Å². The van der Waals surface area contributed by atoms with Crippen LogP contribution in [0.5, 0.6) is 0 Å². The summed E-state index contributed by atoms with van der Waals surface area (Å²) in [6.45, 7) is 1.43. The van der Waals surface area contributed by atoms with Crippen LogP contribution in [-0.4, -0.2) is 23.5 Å². The first-order valence-electron chi connectivity index (χ1n) is 9.21. The number of aryl methyl sites for hydroxylation is 1. The molecule has 2 aromatic heterocycles. The van der Waals surface area contributed by atoms with Gasteiger partial charge in [0.05, 0.1) is 19.3 Å². The molecule has 1 fully saturated rings. The van der Waals surface area contributed by atoms with Crippen LogP contribution in [0.4, 0.5) is 0 Å². The first-order valence-corrected chi connectivity index (χ1v) is 9.21. The van der Waals surface area contributed by atoms with Crippen molar-refractivity contribution in [3.05, 3.63) is 71.3 Å². The first-order chi connectivity index (χ1) is 13.3. The van der Waals surface area contributed by atoms with Gasteiger partial charge in [-0.15, -0.1) is 0 Å². The van der Waals surface area contributed by atoms with Gasteiger partial charge in [-0.05, 0) is 18.1 Å². The molecule has 3 heterocycles. The summed E-state index contributed by atoms with van der Waals surface area (Å²) >= 11 is 0. The van der Waals surface area contributed by atoms with Gasteiger partial charge in [0.25, 0.3) is 5.65 Å². The van der Waals surface area contributed by atoms with Crippen molar-refractivity contribution in [1.82, 2.24) is 4.40 Å². The molecule has 0 bridgehead atoms. The van der Waals surface area contributed by atoms with Crippen LogP contribution < -0.4 is 10.1 Å². The Labute approximate surface area is 157 Å². The molecule has 1 aliphatic heterocycles. The Morgan fingerprint density at radius 2 is 2.07 bits per heavy atom. The second kappa shape index (κ2) is 8.14. The maximum Gasteiger partial charge on any atom is 0.350 e. The smallest absolute Gasteiger partial charge is 0.350 e. The summed E-state index contributed by atoms with van der Waals surface area (Å²) in [5.74, 6) is 0. The van der Waals surface area contributed by atoms with Crippen molar-refractivity contribution in [3.8, 4) is 11.1 Å². The molecule has 1 aliphatic rings. The Hall–Kier alpha value is -2.99. The van der Waals surface area contributed by atoms with Crippen LogP contribution in [0.3, 0.4) is 0 Å². The van der Waals surface area contributed by atoms with E-state index >= 15 is 0 Å². The summed E-state index contributed by atoms with van der Waals surface area (Å²) in [6, 6.07) is 15.5. The molecule has 6 heteroatoms. The van der Waals surface area contributed by atoms with Gasteiger partial charge in [0, 0.05) is 25.1 Å². The van der Waals surface area contributed by atoms with Crippen molar-refractivity contribution < 1.29 is 14.1 Å². The topological polar surface area (TPSA) is 56.2 Å². The molecule has 1 atom stereocenters. The standard InChI is InChI=1S/C21H22N3O3/c25-21-18(17-8-2-1-3-9-17)16-23(19-10-4-5-14-24(19)21)13-7-12-22-27-20-11-6-15-26-20/h1-5,8-10,12,14,16,20H,6-7,11,13,15H2/q+1. The quantitative estimate of drug-likeness (QED) is 0.384. The van der Waals surface area contributed by atoms with E-state index in [2.05, 4.69) is 9.72 Å². The van der Waals surface area contributed by atoms with E-state index in [0.29, 0.717) is 18.5 Å². The lowest BCUT2D eigenvalue weighted by Crippen LogP contribution is -2.40. The highest BCUT2D eigenvalue weighted by atomic mass is 16.8. The van der Waals surface area contributed by atoms with Crippen molar-refractivity contribution in [2.45, 2.75) is 32.1 Å². The lowest BCUT2D eigenvalue weighted by atomic mass is 10.1. The van der Waals surface area contributed by atoms with Crippen LogP contribution in [0.25, 0.3) is 16.8 Å². The molecule has 1 unspecified atom stereocenters. The van der Waals surface area contributed by atoms with Gasteiger partial charge in [0.15, 0.2) is 0 Å². The van der Waals surface area contributed by atoms with Crippen molar-refractivity contribution in [3.63, 3.8) is 0 Å². The lowest BCUT2D eigenvalue weighted by Gasteiger charge is -2.07. The van der Waals surface area contributed by atoms with Gasteiger partial charge in [0.2, 0.25) is 6.29 Å². The molecule has 4 rings (SSSR count). The maximum atomic E-state index is 12.9. The van der Waals surface area contributed by atoms with E-state index in [9.17, 15) is 4.79 Å². The van der Waals surface area contributed by atoms with E-state index in [0.717, 1.165) is 30.7 Å². The largest absolute Gasteiger partial charge is 0.364 e. The fourth-order valence-electron chi connectivity index (χ4n) is 3.23. The molecule has 0 aliphatic carbocycles. The van der Waals surface area contributed by atoms with Crippen LogP contribution in [0.1, 0.15) is 19.3 Å². The molecule has 1 saturated heterocycles. The van der Waals surface area contributed by atoms with Crippen molar-refractivity contribution >= 4 is 11.9 Å². The minimum Gasteiger partial charge on any atom is -0.364 e. The van der Waals surface area contributed by atoms with Crippen LogP contribution >= 0.6 is 0 Å². The molecule has 0 N–H and O–H groups in total. The minimum absolute atomic E-state index is 0.0246. The Morgan fingerprint density at radius 3 is 2.89 bits per heavy atom. The molecule has 0 saturated carbocycles. The zero-order valence-electron chi connectivity index (χ0n) is 15.0. The van der Waals surface area contributed by atoms with E-state index in [4.69, 9.17) is 9.57 Å². The predicted octanol–water partition coefficient (Wildman–Crippen LogP) is 2.78. The summed E-state index contributed by atoms with van der Waals surface area (Å²) in [5, 5.41) is 4.01. The second-order valence-corrected chi connectivity index (χ2v) is 6.46. The summed E-state index contributed by atoms with van der Waals surface area (Å²) in [5.41, 5.74) is 2.40. The van der Waals surface area contributed by atoms with E-state index in [1.807, 2.05) is 54.7 Å². The average Bonchev–Trinajstić information content (AvgIpc) is 3.24. The molecule has 0 spiro atoms. The zero-order valence-corrected chi connectivity index (χ0v) is 15.0. The maximum absolute atomic E-state index is 12.9. The van der Waals surface area contributed by atoms with E-state index in [1.54, 1.807) is 16.8 Å². The Bertz CT molecular complexity index is 992. The molecule has 0 radical (unpaired) electrons. The van der Waals surface area contributed by atoms with E-state index in [1.165, 1.54) is 0 Å².